The maximum Gasteiger partial charge on any atom is 0.314 e. The van der Waals surface area contributed by atoms with Crippen LogP contribution in [0.15, 0.2) is 24.3 Å². The fourth-order valence-corrected chi connectivity index (χ4v) is 4.09. The van der Waals surface area contributed by atoms with E-state index in [1.165, 1.54) is 0 Å². The van der Waals surface area contributed by atoms with Gasteiger partial charge in [0.05, 0.1) is 23.9 Å². The van der Waals surface area contributed by atoms with E-state index in [1.54, 1.807) is 31.4 Å². The molecule has 0 saturated heterocycles. The molecule has 0 heterocycles. The minimum atomic E-state index is -0.798. The predicted molar refractivity (Wildman–Crippen MR) is 104 cm³/mol. The first-order valence-corrected chi connectivity index (χ1v) is 10.2. The van der Waals surface area contributed by atoms with Crippen molar-refractivity contribution in [3.05, 3.63) is 24.3 Å². The highest BCUT2D eigenvalue weighted by atomic mass is 16.5. The van der Waals surface area contributed by atoms with Crippen molar-refractivity contribution < 1.29 is 33.7 Å². The van der Waals surface area contributed by atoms with Crippen LogP contribution < -0.4 is 9.47 Å². The molecule has 3 rings (SSSR count). The first kappa shape index (κ1) is 21.3. The predicted octanol–water partition coefficient (Wildman–Crippen LogP) is 3.59. The highest BCUT2D eigenvalue weighted by Crippen LogP contribution is 2.31. The van der Waals surface area contributed by atoms with Gasteiger partial charge in [0.2, 0.25) is 0 Å². The van der Waals surface area contributed by atoms with Crippen molar-refractivity contribution in [2.24, 2.45) is 17.8 Å². The van der Waals surface area contributed by atoms with Gasteiger partial charge >= 0.3 is 17.9 Å². The second-order valence-electron chi connectivity index (χ2n) is 7.91. The van der Waals surface area contributed by atoms with Crippen molar-refractivity contribution in [1.29, 1.82) is 0 Å². The maximum atomic E-state index is 12.3. The van der Waals surface area contributed by atoms with E-state index in [0.29, 0.717) is 37.2 Å². The van der Waals surface area contributed by atoms with E-state index < -0.39 is 5.97 Å². The zero-order chi connectivity index (χ0) is 20.8. The first-order chi connectivity index (χ1) is 14.0. The van der Waals surface area contributed by atoms with E-state index in [4.69, 9.17) is 19.3 Å². The number of benzene rings is 1. The third-order valence-corrected chi connectivity index (χ3v) is 6.01. The third kappa shape index (κ3) is 5.79. The van der Waals surface area contributed by atoms with Crippen molar-refractivity contribution in [2.45, 2.75) is 57.5 Å². The molecule has 158 valence electrons. The molecule has 0 atom stereocenters. The Morgan fingerprint density at radius 2 is 1.10 bits per heavy atom. The maximum absolute atomic E-state index is 12.3. The molecule has 1 aromatic rings. The molecule has 7 nitrogen and oxygen atoms in total. The van der Waals surface area contributed by atoms with Crippen LogP contribution in [-0.2, 0) is 19.1 Å². The first-order valence-electron chi connectivity index (χ1n) is 10.2. The molecule has 7 heteroatoms. The van der Waals surface area contributed by atoms with E-state index in [2.05, 4.69) is 0 Å². The lowest BCUT2D eigenvalue weighted by Gasteiger charge is -2.26. The van der Waals surface area contributed by atoms with Crippen LogP contribution in [-0.4, -0.2) is 36.2 Å². The molecular formula is C22H28O7. The molecule has 1 N–H and O–H groups in total. The van der Waals surface area contributed by atoms with Crippen molar-refractivity contribution in [1.82, 2.24) is 0 Å². The van der Waals surface area contributed by atoms with Gasteiger partial charge in [-0.25, -0.2) is 0 Å². The van der Waals surface area contributed by atoms with Crippen molar-refractivity contribution in [2.75, 3.05) is 7.11 Å². The highest BCUT2D eigenvalue weighted by Gasteiger charge is 2.31. The molecule has 1 aromatic carbocycles. The Balaban J connectivity index is 1.46. The number of methoxy groups -OCH3 is 1. The van der Waals surface area contributed by atoms with Gasteiger partial charge in [0.15, 0.2) is 0 Å². The summed E-state index contributed by atoms with van der Waals surface area (Å²) in [5.74, 6) is -1.31. The van der Waals surface area contributed by atoms with E-state index in [9.17, 15) is 14.4 Å². The van der Waals surface area contributed by atoms with Crippen LogP contribution >= 0.6 is 0 Å². The summed E-state index contributed by atoms with van der Waals surface area (Å²) in [5.41, 5.74) is 0. The highest BCUT2D eigenvalue weighted by molar-refractivity contribution is 5.77. The van der Waals surface area contributed by atoms with Gasteiger partial charge < -0.3 is 19.3 Å². The molecule has 2 fully saturated rings. The number of hydrogen-bond donors (Lipinski definition) is 1. The summed E-state index contributed by atoms with van der Waals surface area (Å²) >= 11 is 0. The average molecular weight is 404 g/mol. The van der Waals surface area contributed by atoms with Gasteiger partial charge in [-0.2, -0.15) is 0 Å². The summed E-state index contributed by atoms with van der Waals surface area (Å²) in [6.45, 7) is 0. The molecule has 0 bridgehead atoms. The van der Waals surface area contributed by atoms with E-state index in [0.717, 1.165) is 25.7 Å². The van der Waals surface area contributed by atoms with Gasteiger partial charge in [0.1, 0.15) is 11.5 Å². The van der Waals surface area contributed by atoms with Crippen LogP contribution in [0.5, 0.6) is 11.5 Å². The summed E-state index contributed by atoms with van der Waals surface area (Å²) in [5, 5.41) is 9.04. The van der Waals surface area contributed by atoms with Crippen LogP contribution in [0.4, 0.5) is 0 Å². The zero-order valence-electron chi connectivity index (χ0n) is 16.7. The number of aliphatic carboxylic acids is 1. The van der Waals surface area contributed by atoms with Crippen LogP contribution in [0.25, 0.3) is 0 Å². The lowest BCUT2D eigenvalue weighted by Crippen LogP contribution is -2.28. The monoisotopic (exact) mass is 404 g/mol. The normalized spacial score (nSPS) is 27.1. The van der Waals surface area contributed by atoms with Crippen molar-refractivity contribution in [3.63, 3.8) is 0 Å². The largest absolute Gasteiger partial charge is 0.481 e. The van der Waals surface area contributed by atoms with E-state index in [1.807, 2.05) is 0 Å². The van der Waals surface area contributed by atoms with Gasteiger partial charge in [-0.05, 0) is 75.6 Å². The summed E-state index contributed by atoms with van der Waals surface area (Å²) in [4.78, 5) is 35.6. The zero-order valence-corrected chi connectivity index (χ0v) is 16.7. The molecule has 29 heavy (non-hydrogen) atoms. The minimum Gasteiger partial charge on any atom is -0.481 e. The molecule has 2 aliphatic rings. The fraction of sp³-hybridized carbons (Fsp3) is 0.591. The molecule has 0 amide bonds. The summed E-state index contributed by atoms with van der Waals surface area (Å²) in [6.07, 6.45) is 5.51. The van der Waals surface area contributed by atoms with Crippen LogP contribution in [0.3, 0.4) is 0 Å². The second kappa shape index (κ2) is 9.87. The topological polar surface area (TPSA) is 99.1 Å². The van der Waals surface area contributed by atoms with Crippen molar-refractivity contribution >= 4 is 17.9 Å². The van der Waals surface area contributed by atoms with Gasteiger partial charge in [0.25, 0.3) is 0 Å². The lowest BCUT2D eigenvalue weighted by molar-refractivity contribution is -0.146. The Bertz CT molecular complexity index is 711. The Labute approximate surface area is 170 Å². The molecule has 0 spiro atoms. The number of carbonyl (C=O) groups is 3. The van der Waals surface area contributed by atoms with E-state index in [-0.39, 0.29) is 35.8 Å². The Hall–Kier alpha value is -2.41. The molecule has 2 aliphatic carbocycles. The van der Waals surface area contributed by atoms with Crippen LogP contribution in [0.2, 0.25) is 0 Å². The summed E-state index contributed by atoms with van der Waals surface area (Å²) < 4.78 is 16.2. The second-order valence-corrected chi connectivity index (χ2v) is 7.91. The summed E-state index contributed by atoms with van der Waals surface area (Å²) in [6, 6.07) is 6.43. The van der Waals surface area contributed by atoms with Crippen LogP contribution in [0, 0.1) is 17.8 Å². The van der Waals surface area contributed by atoms with Crippen LogP contribution in [0.1, 0.15) is 51.4 Å². The van der Waals surface area contributed by atoms with Gasteiger partial charge in [-0.15, -0.1) is 0 Å². The fourth-order valence-electron chi connectivity index (χ4n) is 4.09. The third-order valence-electron chi connectivity index (χ3n) is 6.01. The van der Waals surface area contributed by atoms with Gasteiger partial charge in [-0.3, -0.25) is 14.4 Å². The van der Waals surface area contributed by atoms with E-state index >= 15 is 0 Å². The molecule has 0 aliphatic heterocycles. The SMILES string of the molecule is COC1CCC(C(=O)Oc2ccc(OC(=O)C3CCC(C(=O)O)CC3)cc2)CC1. The number of carboxylic acid groups (broad SMARTS) is 1. The standard InChI is InChI=1S/C22H28O7/c1-27-17-8-6-16(7-9-17)22(26)29-19-12-10-18(11-13-19)28-21(25)15-4-2-14(3-5-15)20(23)24/h10-17H,2-9H2,1H3,(H,23,24). The Morgan fingerprint density at radius 3 is 1.48 bits per heavy atom. The quantitative estimate of drug-likeness (QED) is 0.571. The molecular weight excluding hydrogens is 376 g/mol. The number of ether oxygens (including phenoxy) is 3. The average Bonchev–Trinajstić information content (AvgIpc) is 2.75. The number of rotatable bonds is 6. The number of carboxylic acids is 1. The van der Waals surface area contributed by atoms with Crippen molar-refractivity contribution in [3.8, 4) is 11.5 Å². The lowest BCUT2D eigenvalue weighted by atomic mass is 9.82. The number of hydrogen-bond acceptors (Lipinski definition) is 6. The number of carbonyl (C=O) groups excluding carboxylic acids is 2. The molecule has 0 radical (unpaired) electrons. The van der Waals surface area contributed by atoms with Gasteiger partial charge in [-0.1, -0.05) is 0 Å². The molecule has 0 unspecified atom stereocenters. The molecule has 0 aromatic heterocycles. The summed E-state index contributed by atoms with van der Waals surface area (Å²) in [7, 11) is 1.69. The minimum absolute atomic E-state index is 0.111. The Kier molecular flexibility index (Phi) is 7.25. The Morgan fingerprint density at radius 1 is 0.724 bits per heavy atom. The van der Waals surface area contributed by atoms with Gasteiger partial charge in [0, 0.05) is 7.11 Å². The smallest absolute Gasteiger partial charge is 0.314 e. The number of esters is 2. The molecule has 2 saturated carbocycles.